The molecule has 39 heavy (non-hydrogen) atoms. The second kappa shape index (κ2) is 8.57. The Hall–Kier alpha value is -4.90. The van der Waals surface area contributed by atoms with Gasteiger partial charge in [0.05, 0.1) is 22.1 Å². The van der Waals surface area contributed by atoms with Crippen LogP contribution in [0.15, 0.2) is 109 Å². The van der Waals surface area contributed by atoms with Gasteiger partial charge in [-0.15, -0.1) is 0 Å². The van der Waals surface area contributed by atoms with E-state index < -0.39 is 0 Å². The van der Waals surface area contributed by atoms with Gasteiger partial charge in [-0.3, -0.25) is 8.97 Å². The molecule has 3 heterocycles. The molecule has 0 amide bonds. The topological polar surface area (TPSA) is 55.4 Å². The Balaban J connectivity index is 1.46. The van der Waals surface area contributed by atoms with Gasteiger partial charge in [-0.05, 0) is 70.6 Å². The first-order valence-electron chi connectivity index (χ1n) is 13.2. The van der Waals surface area contributed by atoms with Crippen molar-refractivity contribution in [3.05, 3.63) is 115 Å². The zero-order chi connectivity index (χ0) is 26.7. The molecule has 0 aliphatic carbocycles. The maximum atomic E-state index is 10.8. The minimum Gasteiger partial charge on any atom is -0.507 e. The van der Waals surface area contributed by atoms with E-state index in [1.807, 2.05) is 42.6 Å². The fraction of sp³-hybridized carbons (Fsp3) is 0.118. The fourth-order valence-corrected chi connectivity index (χ4v) is 5.46. The Morgan fingerprint density at radius 2 is 1.38 bits per heavy atom. The van der Waals surface area contributed by atoms with Gasteiger partial charge in [-0.25, -0.2) is 9.97 Å². The number of phenols is 1. The molecule has 7 rings (SSSR count). The van der Waals surface area contributed by atoms with Crippen LogP contribution >= 0.6 is 0 Å². The van der Waals surface area contributed by atoms with Crippen LogP contribution in [-0.4, -0.2) is 24.0 Å². The van der Waals surface area contributed by atoms with Crippen LogP contribution in [0.25, 0.3) is 55.9 Å². The van der Waals surface area contributed by atoms with Gasteiger partial charge in [0.25, 0.3) is 0 Å². The van der Waals surface area contributed by atoms with Crippen molar-refractivity contribution in [3.8, 4) is 33.8 Å². The molecule has 0 unspecified atom stereocenters. The predicted octanol–water partition coefficient (Wildman–Crippen LogP) is 8.16. The lowest BCUT2D eigenvalue weighted by atomic mass is 9.85. The fourth-order valence-electron chi connectivity index (χ4n) is 5.46. The molecule has 7 aromatic rings. The zero-order valence-electron chi connectivity index (χ0n) is 22.1. The highest BCUT2D eigenvalue weighted by Crippen LogP contribution is 2.38. The smallest absolute Gasteiger partial charge is 0.221 e. The number of imidazole rings is 2. The Labute approximate surface area is 226 Å². The number of pyridine rings is 1. The van der Waals surface area contributed by atoms with Crippen molar-refractivity contribution < 1.29 is 5.11 Å². The molecule has 5 nitrogen and oxygen atoms in total. The zero-order valence-corrected chi connectivity index (χ0v) is 22.1. The van der Waals surface area contributed by atoms with Crippen LogP contribution < -0.4 is 0 Å². The van der Waals surface area contributed by atoms with Crippen LogP contribution in [0, 0.1) is 0 Å². The Kier molecular flexibility index (Phi) is 5.10. The number of benzene rings is 4. The summed E-state index contributed by atoms with van der Waals surface area (Å²) < 4.78 is 4.33. The van der Waals surface area contributed by atoms with E-state index in [-0.39, 0.29) is 11.2 Å². The standard InChI is InChI=1S/C34H28N4O/c1-34(2,3)24-17-18-30(39)26(21-24)23-11-8-10-22(20-23)25-12-9-15-29-32(25)36-33-37(29)27-13-4-5-14-28(27)38(33)31-16-6-7-19-35-31/h4-21,39H,1-3H3. The maximum Gasteiger partial charge on any atom is 0.221 e. The van der Waals surface area contributed by atoms with Crippen LogP contribution in [0.1, 0.15) is 26.3 Å². The van der Waals surface area contributed by atoms with Crippen LogP contribution in [0.3, 0.4) is 0 Å². The molecule has 0 atom stereocenters. The molecule has 0 radical (unpaired) electrons. The van der Waals surface area contributed by atoms with Crippen LogP contribution in [0.4, 0.5) is 0 Å². The molecule has 5 heteroatoms. The number of nitrogens with zero attached hydrogens (tertiary/aromatic N) is 4. The minimum absolute atomic E-state index is 0.0155. The summed E-state index contributed by atoms with van der Waals surface area (Å²) >= 11 is 0. The monoisotopic (exact) mass is 508 g/mol. The molecular formula is C34H28N4O. The number of hydrogen-bond acceptors (Lipinski definition) is 3. The van der Waals surface area contributed by atoms with Crippen molar-refractivity contribution in [3.63, 3.8) is 0 Å². The molecule has 0 bridgehead atoms. The van der Waals surface area contributed by atoms with E-state index in [0.717, 1.165) is 55.9 Å². The molecule has 0 spiro atoms. The SMILES string of the molecule is CC(C)(C)c1ccc(O)c(-c2cccc(-c3cccc4c3nc3n(-c5ccccn5)c5ccccc5n43)c2)c1. The van der Waals surface area contributed by atoms with Gasteiger partial charge in [0.15, 0.2) is 0 Å². The lowest BCUT2D eigenvalue weighted by Crippen LogP contribution is -2.10. The van der Waals surface area contributed by atoms with E-state index >= 15 is 0 Å². The number of rotatable bonds is 3. The average molecular weight is 509 g/mol. The van der Waals surface area contributed by atoms with E-state index in [4.69, 9.17) is 4.98 Å². The Bertz CT molecular complexity index is 2010. The summed E-state index contributed by atoms with van der Waals surface area (Å²) in [6, 6.07) is 34.8. The number of para-hydroxylation sites is 3. The molecule has 0 saturated carbocycles. The molecular weight excluding hydrogens is 480 g/mol. The van der Waals surface area contributed by atoms with E-state index in [1.54, 1.807) is 6.07 Å². The van der Waals surface area contributed by atoms with Gasteiger partial charge in [-0.1, -0.05) is 75.4 Å². The summed E-state index contributed by atoms with van der Waals surface area (Å²) in [5.41, 5.74) is 9.16. The molecule has 0 aliphatic rings. The number of aromatic nitrogens is 4. The summed E-state index contributed by atoms with van der Waals surface area (Å²) in [7, 11) is 0. The summed E-state index contributed by atoms with van der Waals surface area (Å²) in [4.78, 5) is 9.84. The first kappa shape index (κ1) is 23.2. The molecule has 1 N–H and O–H groups in total. The van der Waals surface area contributed by atoms with E-state index in [0.29, 0.717) is 0 Å². The van der Waals surface area contributed by atoms with Gasteiger partial charge in [0, 0.05) is 17.3 Å². The largest absolute Gasteiger partial charge is 0.507 e. The number of fused-ring (bicyclic) bond motifs is 5. The van der Waals surface area contributed by atoms with E-state index in [2.05, 4.69) is 95.4 Å². The highest BCUT2D eigenvalue weighted by atomic mass is 16.3. The normalized spacial score (nSPS) is 12.1. The number of phenolic OH excluding ortho intramolecular Hbond substituents is 1. The molecule has 3 aromatic heterocycles. The van der Waals surface area contributed by atoms with E-state index in [9.17, 15) is 5.11 Å². The van der Waals surface area contributed by atoms with Crippen molar-refractivity contribution in [2.24, 2.45) is 0 Å². The second-order valence-electron chi connectivity index (χ2n) is 11.0. The molecule has 0 saturated heterocycles. The second-order valence-corrected chi connectivity index (χ2v) is 11.0. The number of hydrogen-bond donors (Lipinski definition) is 1. The number of aromatic hydroxyl groups is 1. The van der Waals surface area contributed by atoms with Crippen LogP contribution in [0.2, 0.25) is 0 Å². The van der Waals surface area contributed by atoms with Crippen LogP contribution in [-0.2, 0) is 5.41 Å². The van der Waals surface area contributed by atoms with Gasteiger partial charge < -0.3 is 5.11 Å². The van der Waals surface area contributed by atoms with Crippen LogP contribution in [0.5, 0.6) is 5.75 Å². The molecule has 190 valence electrons. The third-order valence-electron chi connectivity index (χ3n) is 7.46. The highest BCUT2D eigenvalue weighted by Gasteiger charge is 2.20. The third-order valence-corrected chi connectivity index (χ3v) is 7.46. The Morgan fingerprint density at radius 3 is 2.15 bits per heavy atom. The lowest BCUT2D eigenvalue weighted by molar-refractivity contribution is 0.476. The van der Waals surface area contributed by atoms with Crippen molar-refractivity contribution in [2.45, 2.75) is 26.2 Å². The minimum atomic E-state index is -0.0155. The first-order chi connectivity index (χ1) is 18.9. The van der Waals surface area contributed by atoms with Crippen molar-refractivity contribution >= 4 is 27.8 Å². The van der Waals surface area contributed by atoms with E-state index in [1.165, 1.54) is 5.56 Å². The van der Waals surface area contributed by atoms with Gasteiger partial charge >= 0.3 is 0 Å². The Morgan fingerprint density at radius 1 is 0.667 bits per heavy atom. The van der Waals surface area contributed by atoms with Gasteiger partial charge in [0.1, 0.15) is 11.6 Å². The van der Waals surface area contributed by atoms with Gasteiger partial charge in [-0.2, -0.15) is 0 Å². The summed E-state index contributed by atoms with van der Waals surface area (Å²) in [6.45, 7) is 6.56. The maximum absolute atomic E-state index is 10.8. The summed E-state index contributed by atoms with van der Waals surface area (Å²) in [6.07, 6.45) is 1.81. The quantitative estimate of drug-likeness (QED) is 0.262. The average Bonchev–Trinajstić information content (AvgIpc) is 3.48. The molecule has 0 aliphatic heterocycles. The van der Waals surface area contributed by atoms with Crippen molar-refractivity contribution in [1.29, 1.82) is 0 Å². The lowest BCUT2D eigenvalue weighted by Gasteiger charge is -2.20. The molecule has 4 aromatic carbocycles. The predicted molar refractivity (Wildman–Crippen MR) is 159 cm³/mol. The summed E-state index contributed by atoms with van der Waals surface area (Å²) in [5.74, 6) is 1.93. The molecule has 0 fully saturated rings. The van der Waals surface area contributed by atoms with Gasteiger partial charge in [0.2, 0.25) is 5.78 Å². The van der Waals surface area contributed by atoms with Crippen molar-refractivity contribution in [2.75, 3.05) is 0 Å². The highest BCUT2D eigenvalue weighted by molar-refractivity contribution is 5.99. The van der Waals surface area contributed by atoms with Crippen molar-refractivity contribution in [1.82, 2.24) is 18.9 Å². The third kappa shape index (κ3) is 3.69. The summed E-state index contributed by atoms with van der Waals surface area (Å²) in [5, 5.41) is 10.8. The first-order valence-corrected chi connectivity index (χ1v) is 13.2.